The van der Waals surface area contributed by atoms with Crippen molar-refractivity contribution in [2.45, 2.75) is 0 Å². The van der Waals surface area contributed by atoms with Gasteiger partial charge in [-0.15, -0.1) is 12.1 Å². The first-order chi connectivity index (χ1) is 4.93. The average Bonchev–Trinajstić information content (AvgIpc) is 2.10. The summed E-state index contributed by atoms with van der Waals surface area (Å²) in [6.07, 6.45) is 0. The maximum absolute atomic E-state index is 4.88. The van der Waals surface area contributed by atoms with E-state index in [4.69, 9.17) is 4.74 Å². The van der Waals surface area contributed by atoms with Crippen molar-refractivity contribution in [3.8, 4) is 5.75 Å². The Labute approximate surface area is 73.4 Å². The first-order valence-corrected chi connectivity index (χ1v) is 4.20. The normalized spacial score (nSPS) is 7.40. The molecule has 0 spiro atoms. The molecule has 3 heteroatoms. The van der Waals surface area contributed by atoms with Crippen molar-refractivity contribution in [2.24, 2.45) is 0 Å². The van der Waals surface area contributed by atoms with Gasteiger partial charge in [-0.05, 0) is 0 Å². The summed E-state index contributed by atoms with van der Waals surface area (Å²) in [5.74, 6) is 0.854. The van der Waals surface area contributed by atoms with Crippen LogP contribution in [0.15, 0.2) is 24.3 Å². The Bertz CT molecular complexity index is 155. The molecule has 10 heavy (non-hydrogen) atoms. The summed E-state index contributed by atoms with van der Waals surface area (Å²) in [7, 11) is 6.09. The van der Waals surface area contributed by atoms with Crippen molar-refractivity contribution in [1.29, 1.82) is 0 Å². The summed E-state index contributed by atoms with van der Waals surface area (Å²) in [4.78, 5) is 0. The molecule has 1 rings (SSSR count). The average molecular weight is 198 g/mol. The van der Waals surface area contributed by atoms with Gasteiger partial charge in [-0.3, -0.25) is 0 Å². The number of benzene rings is 1. The summed E-state index contributed by atoms with van der Waals surface area (Å²) >= 11 is 2.41. The fourth-order valence-corrected chi connectivity index (χ4v) is 0.504. The van der Waals surface area contributed by atoms with Gasteiger partial charge >= 0.3 is 25.2 Å². The van der Waals surface area contributed by atoms with Gasteiger partial charge < -0.3 is 4.74 Å². The van der Waals surface area contributed by atoms with E-state index in [0.29, 0.717) is 0 Å². The fraction of sp³-hybridized carbons (Fsp3) is 0.143. The van der Waals surface area contributed by atoms with Crippen LogP contribution in [0.1, 0.15) is 0 Å². The third-order valence-corrected chi connectivity index (χ3v) is 0.914. The molecule has 0 aliphatic rings. The minimum absolute atomic E-state index is 0.854. The van der Waals surface area contributed by atoms with Gasteiger partial charge in [0.15, 0.2) is 0 Å². The van der Waals surface area contributed by atoms with E-state index in [9.17, 15) is 0 Å². The molecule has 0 aliphatic heterocycles. The molecule has 55 valence electrons. The van der Waals surface area contributed by atoms with Gasteiger partial charge in [0.25, 0.3) is 0 Å². The second-order valence-electron chi connectivity index (χ2n) is 1.44. The van der Waals surface area contributed by atoms with Gasteiger partial charge in [-0.1, -0.05) is 0 Å². The summed E-state index contributed by atoms with van der Waals surface area (Å²) in [5.41, 5.74) is 0. The molecular weight excluding hydrogens is 190 g/mol. The van der Waals surface area contributed by atoms with Crippen LogP contribution in [0.4, 0.5) is 0 Å². The first-order valence-electron chi connectivity index (χ1n) is 2.58. The quantitative estimate of drug-likeness (QED) is 0.495. The van der Waals surface area contributed by atoms with Crippen LogP contribution < -0.4 is 4.74 Å². The summed E-state index contributed by atoms with van der Waals surface area (Å²) in [6, 6.07) is 10.3. The molecule has 1 aromatic carbocycles. The third kappa shape index (κ3) is 3.78. The zero-order valence-electron chi connectivity index (χ0n) is 5.47. The van der Waals surface area contributed by atoms with Crippen LogP contribution in [0.2, 0.25) is 0 Å². The molecule has 0 amide bonds. The summed E-state index contributed by atoms with van der Waals surface area (Å²) < 4.78 is 4.88. The molecule has 1 nitrogen and oxygen atoms in total. The van der Waals surface area contributed by atoms with Crippen LogP contribution in [0.5, 0.6) is 5.75 Å². The number of methoxy groups -OCH3 is 1. The predicted molar refractivity (Wildman–Crippen MR) is 37.7 cm³/mol. The van der Waals surface area contributed by atoms with Crippen molar-refractivity contribution in [1.82, 2.24) is 0 Å². The molecule has 0 aromatic heterocycles. The van der Waals surface area contributed by atoms with E-state index in [1.807, 2.05) is 18.2 Å². The predicted octanol–water partition coefficient (Wildman–Crippen LogP) is 2.18. The van der Waals surface area contributed by atoms with E-state index >= 15 is 0 Å². The Kier molecular flexibility index (Phi) is 6.82. The minimum atomic E-state index is 0.854. The number of rotatable bonds is 1. The van der Waals surface area contributed by atoms with E-state index in [2.05, 4.69) is 31.3 Å². The SMILES string of the molecule is COc1c[c-]ccc1.[Cl][Mn+]. The van der Waals surface area contributed by atoms with Crippen LogP contribution in [0.25, 0.3) is 0 Å². The van der Waals surface area contributed by atoms with E-state index in [-0.39, 0.29) is 0 Å². The molecular formula is C7H7ClMnO. The number of hydrogen-bond donors (Lipinski definition) is 0. The van der Waals surface area contributed by atoms with Crippen molar-refractivity contribution >= 4 is 10.1 Å². The van der Waals surface area contributed by atoms with E-state index < -0.39 is 0 Å². The first kappa shape index (κ1) is 9.83. The zero-order valence-corrected chi connectivity index (χ0v) is 7.41. The van der Waals surface area contributed by atoms with Gasteiger partial charge in [-0.25, -0.2) is 0 Å². The van der Waals surface area contributed by atoms with E-state index in [0.717, 1.165) is 5.75 Å². The Hall–Kier alpha value is -0.171. The van der Waals surface area contributed by atoms with Gasteiger partial charge in [0, 0.05) is 5.75 Å². The number of halogens is 1. The maximum atomic E-state index is 4.88. The Morgan fingerprint density at radius 1 is 1.60 bits per heavy atom. The zero-order chi connectivity index (χ0) is 7.82. The third-order valence-electron chi connectivity index (χ3n) is 0.914. The van der Waals surface area contributed by atoms with Crippen LogP contribution in [-0.2, 0) is 15.1 Å². The van der Waals surface area contributed by atoms with Gasteiger partial charge in [-0.2, -0.15) is 18.2 Å². The molecule has 0 unspecified atom stereocenters. The second-order valence-corrected chi connectivity index (χ2v) is 1.44. The van der Waals surface area contributed by atoms with Gasteiger partial charge in [0.1, 0.15) is 0 Å². The standard InChI is InChI=1S/C7H7O.ClH.Mn/c1-8-7-5-3-2-4-6-7;;/h2-3,5-6H,1H3;1H;/q-1;;+2/p-1. The summed E-state index contributed by atoms with van der Waals surface area (Å²) in [6.45, 7) is 0. The van der Waals surface area contributed by atoms with Crippen molar-refractivity contribution < 1.29 is 19.8 Å². The molecule has 0 heterocycles. The molecule has 0 fully saturated rings. The molecule has 0 saturated heterocycles. The Balaban J connectivity index is 0.000000371. The van der Waals surface area contributed by atoms with Crippen molar-refractivity contribution in [3.63, 3.8) is 0 Å². The van der Waals surface area contributed by atoms with Crippen LogP contribution in [0.3, 0.4) is 0 Å². The van der Waals surface area contributed by atoms with Gasteiger partial charge in [0.2, 0.25) is 0 Å². The van der Waals surface area contributed by atoms with Crippen LogP contribution >= 0.6 is 10.1 Å². The molecule has 1 aromatic rings. The molecule has 0 N–H and O–H groups in total. The number of hydrogen-bond acceptors (Lipinski definition) is 1. The summed E-state index contributed by atoms with van der Waals surface area (Å²) in [5, 5.41) is 0. The molecule has 0 radical (unpaired) electrons. The van der Waals surface area contributed by atoms with Crippen LogP contribution in [0, 0.1) is 6.07 Å². The monoisotopic (exact) mass is 197 g/mol. The second kappa shape index (κ2) is 6.94. The number of ether oxygens (including phenoxy) is 1. The Morgan fingerprint density at radius 2 is 2.30 bits per heavy atom. The molecule has 0 bridgehead atoms. The molecule has 0 aliphatic carbocycles. The van der Waals surface area contributed by atoms with Crippen LogP contribution in [-0.4, -0.2) is 7.11 Å². The van der Waals surface area contributed by atoms with Gasteiger partial charge in [0.05, 0.1) is 7.11 Å². The van der Waals surface area contributed by atoms with Crippen molar-refractivity contribution in [3.05, 3.63) is 30.3 Å². The molecule has 0 saturated carbocycles. The fourth-order valence-electron chi connectivity index (χ4n) is 0.504. The Morgan fingerprint density at radius 3 is 2.60 bits per heavy atom. The van der Waals surface area contributed by atoms with Crippen molar-refractivity contribution in [2.75, 3.05) is 7.11 Å². The van der Waals surface area contributed by atoms with E-state index in [1.165, 1.54) is 0 Å². The van der Waals surface area contributed by atoms with E-state index in [1.54, 1.807) is 13.2 Å². The topological polar surface area (TPSA) is 9.23 Å². The molecule has 0 atom stereocenters.